The number of fused-ring (bicyclic) bond motifs is 1. The number of rotatable bonds is 8. The smallest absolute Gasteiger partial charge is 0.237 e. The molecule has 5 atom stereocenters. The van der Waals surface area contributed by atoms with Crippen LogP contribution in [0.4, 0.5) is 5.82 Å². The molecule has 1 aromatic carbocycles. The first-order valence-corrected chi connectivity index (χ1v) is 10.8. The number of anilines is 1. The molecular formula is C22H29N7O5. The Bertz CT molecular complexity index is 1140. The van der Waals surface area contributed by atoms with Crippen LogP contribution in [0.15, 0.2) is 36.9 Å². The van der Waals surface area contributed by atoms with Crippen LogP contribution in [-0.2, 0) is 16.0 Å². The van der Waals surface area contributed by atoms with Gasteiger partial charge in [0.1, 0.15) is 24.3 Å². The molecule has 3 heterocycles. The van der Waals surface area contributed by atoms with E-state index in [0.29, 0.717) is 29.2 Å². The van der Waals surface area contributed by atoms with Crippen LogP contribution in [0.5, 0.6) is 5.75 Å². The molecule has 0 spiro atoms. The van der Waals surface area contributed by atoms with Crippen molar-refractivity contribution in [1.29, 1.82) is 0 Å². The van der Waals surface area contributed by atoms with Gasteiger partial charge < -0.3 is 35.6 Å². The van der Waals surface area contributed by atoms with E-state index in [0.717, 1.165) is 5.56 Å². The van der Waals surface area contributed by atoms with Gasteiger partial charge in [-0.1, -0.05) is 12.1 Å². The average Bonchev–Trinajstić information content (AvgIpc) is 3.40. The molecule has 1 amide bonds. The number of methoxy groups -OCH3 is 1. The van der Waals surface area contributed by atoms with Crippen molar-refractivity contribution >= 4 is 22.9 Å². The van der Waals surface area contributed by atoms with Crippen LogP contribution >= 0.6 is 0 Å². The molecule has 1 aliphatic rings. The molecule has 0 unspecified atom stereocenters. The summed E-state index contributed by atoms with van der Waals surface area (Å²) in [6.45, 7) is -0.406. The molecule has 1 fully saturated rings. The number of aliphatic hydroxyl groups is 2. The van der Waals surface area contributed by atoms with Gasteiger partial charge in [-0.05, 0) is 24.1 Å². The summed E-state index contributed by atoms with van der Waals surface area (Å²) in [7, 11) is 5.25. The molecule has 3 aromatic rings. The van der Waals surface area contributed by atoms with Crippen LogP contribution in [0.1, 0.15) is 11.8 Å². The highest BCUT2D eigenvalue weighted by atomic mass is 16.5. The number of hydrogen-bond acceptors (Lipinski definition) is 10. The SMILES string of the molecule is COc1ccc(C[C@H](N)C(=O)N[C@H]2[C@H](O)[C@@H](n3cnc4c(N(C)C)ncnc43)O[C@H]2CO)cc1. The molecule has 0 aliphatic carbocycles. The molecule has 0 saturated carbocycles. The molecule has 0 bridgehead atoms. The summed E-state index contributed by atoms with van der Waals surface area (Å²) in [6, 6.07) is 5.52. The molecule has 1 aliphatic heterocycles. The average molecular weight is 472 g/mol. The number of ether oxygens (including phenoxy) is 2. The molecular weight excluding hydrogens is 442 g/mol. The number of carbonyl (C=O) groups is 1. The summed E-state index contributed by atoms with van der Waals surface area (Å²) in [5.41, 5.74) is 7.98. The van der Waals surface area contributed by atoms with Gasteiger partial charge in [-0.3, -0.25) is 9.36 Å². The maximum absolute atomic E-state index is 12.8. The fraction of sp³-hybridized carbons (Fsp3) is 0.455. The van der Waals surface area contributed by atoms with Crippen molar-refractivity contribution in [3.8, 4) is 5.75 Å². The third-order valence-corrected chi connectivity index (χ3v) is 5.85. The number of imidazole rings is 1. The van der Waals surface area contributed by atoms with Crippen LogP contribution < -0.4 is 20.7 Å². The number of hydrogen-bond donors (Lipinski definition) is 4. The van der Waals surface area contributed by atoms with Gasteiger partial charge >= 0.3 is 0 Å². The molecule has 0 radical (unpaired) electrons. The second-order valence-electron chi connectivity index (χ2n) is 8.35. The van der Waals surface area contributed by atoms with Gasteiger partial charge in [0.15, 0.2) is 23.2 Å². The minimum atomic E-state index is -1.18. The van der Waals surface area contributed by atoms with Gasteiger partial charge in [-0.25, -0.2) is 15.0 Å². The third kappa shape index (κ3) is 4.53. The monoisotopic (exact) mass is 471 g/mol. The van der Waals surface area contributed by atoms with E-state index in [2.05, 4.69) is 20.3 Å². The van der Waals surface area contributed by atoms with Gasteiger partial charge in [0, 0.05) is 14.1 Å². The highest BCUT2D eigenvalue weighted by Gasteiger charge is 2.46. The first-order chi connectivity index (χ1) is 16.3. The first-order valence-electron chi connectivity index (χ1n) is 10.8. The second kappa shape index (κ2) is 9.89. The molecule has 5 N–H and O–H groups in total. The van der Waals surface area contributed by atoms with E-state index in [1.54, 1.807) is 28.7 Å². The predicted molar refractivity (Wildman–Crippen MR) is 123 cm³/mol. The summed E-state index contributed by atoms with van der Waals surface area (Å²) >= 11 is 0. The summed E-state index contributed by atoms with van der Waals surface area (Å²) in [4.78, 5) is 27.5. The fourth-order valence-electron chi connectivity index (χ4n) is 4.04. The van der Waals surface area contributed by atoms with E-state index in [4.69, 9.17) is 15.2 Å². The van der Waals surface area contributed by atoms with Gasteiger partial charge in [-0.15, -0.1) is 0 Å². The summed E-state index contributed by atoms with van der Waals surface area (Å²) in [5, 5.41) is 23.6. The highest BCUT2D eigenvalue weighted by molar-refractivity contribution is 5.83. The van der Waals surface area contributed by atoms with Crippen molar-refractivity contribution in [3.05, 3.63) is 42.5 Å². The molecule has 34 heavy (non-hydrogen) atoms. The topological polar surface area (TPSA) is 161 Å². The van der Waals surface area contributed by atoms with Gasteiger partial charge in [0.05, 0.1) is 32.1 Å². The summed E-state index contributed by atoms with van der Waals surface area (Å²) in [5.74, 6) is 0.861. The second-order valence-corrected chi connectivity index (χ2v) is 8.35. The molecule has 12 heteroatoms. The first kappa shape index (κ1) is 23.8. The van der Waals surface area contributed by atoms with E-state index in [9.17, 15) is 15.0 Å². The lowest BCUT2D eigenvalue weighted by molar-refractivity contribution is -0.124. The number of nitrogens with zero attached hydrogens (tertiary/aromatic N) is 5. The van der Waals surface area contributed by atoms with E-state index < -0.39 is 43.0 Å². The highest BCUT2D eigenvalue weighted by Crippen LogP contribution is 2.32. The zero-order valence-corrected chi connectivity index (χ0v) is 19.2. The van der Waals surface area contributed by atoms with E-state index in [1.807, 2.05) is 26.2 Å². The summed E-state index contributed by atoms with van der Waals surface area (Å²) in [6.07, 6.45) is 0.250. The van der Waals surface area contributed by atoms with E-state index in [1.165, 1.54) is 12.7 Å². The Labute approximate surface area is 196 Å². The Morgan fingerprint density at radius 2 is 2.03 bits per heavy atom. The minimum absolute atomic E-state index is 0.295. The predicted octanol–water partition coefficient (Wildman–Crippen LogP) is -0.794. The van der Waals surface area contributed by atoms with Crippen molar-refractivity contribution in [3.63, 3.8) is 0 Å². The quantitative estimate of drug-likeness (QED) is 0.328. The number of nitrogens with one attached hydrogen (secondary N) is 1. The van der Waals surface area contributed by atoms with Crippen molar-refractivity contribution in [2.75, 3.05) is 32.7 Å². The standard InChI is InChI=1S/C22H29N7O5/c1-28(2)19-17-20(25-10-24-19)29(11-26-17)22-18(31)16(15(9-30)34-22)27-21(32)14(23)8-12-4-6-13(33-3)7-5-12/h4-7,10-11,14-16,18,22,30-31H,8-9,23H2,1-3H3,(H,27,32)/t14-,15-,16+,18-,22-/m0/s1. The van der Waals surface area contributed by atoms with Gasteiger partial charge in [0.2, 0.25) is 5.91 Å². The normalized spacial score (nSPS) is 23.1. The molecule has 182 valence electrons. The van der Waals surface area contributed by atoms with Gasteiger partial charge in [0.25, 0.3) is 0 Å². The Morgan fingerprint density at radius 3 is 2.68 bits per heavy atom. The lowest BCUT2D eigenvalue weighted by Gasteiger charge is -2.23. The maximum atomic E-state index is 12.8. The van der Waals surface area contributed by atoms with Crippen LogP contribution in [0, 0.1) is 0 Å². The van der Waals surface area contributed by atoms with Crippen molar-refractivity contribution in [2.24, 2.45) is 5.73 Å². The molecule has 1 saturated heterocycles. The molecule has 12 nitrogen and oxygen atoms in total. The zero-order chi connectivity index (χ0) is 24.4. The van der Waals surface area contributed by atoms with Crippen molar-refractivity contribution < 1.29 is 24.5 Å². The Morgan fingerprint density at radius 1 is 1.29 bits per heavy atom. The van der Waals surface area contributed by atoms with Gasteiger partial charge in [-0.2, -0.15) is 0 Å². The van der Waals surface area contributed by atoms with Crippen LogP contribution in [-0.4, -0.2) is 87.7 Å². The van der Waals surface area contributed by atoms with E-state index in [-0.39, 0.29) is 0 Å². The number of aliphatic hydroxyl groups excluding tert-OH is 2. The summed E-state index contributed by atoms with van der Waals surface area (Å²) < 4.78 is 12.6. The number of amides is 1. The van der Waals surface area contributed by atoms with Crippen molar-refractivity contribution in [1.82, 2.24) is 24.8 Å². The largest absolute Gasteiger partial charge is 0.497 e. The number of aromatic nitrogens is 4. The lowest BCUT2D eigenvalue weighted by atomic mass is 10.0. The maximum Gasteiger partial charge on any atom is 0.237 e. The number of benzene rings is 1. The Hall–Kier alpha value is -3.32. The van der Waals surface area contributed by atoms with Crippen LogP contribution in [0.2, 0.25) is 0 Å². The minimum Gasteiger partial charge on any atom is -0.497 e. The zero-order valence-electron chi connectivity index (χ0n) is 19.2. The van der Waals surface area contributed by atoms with Crippen molar-refractivity contribution in [2.45, 2.75) is 36.9 Å². The Kier molecular flexibility index (Phi) is 6.93. The Balaban J connectivity index is 1.49. The lowest BCUT2D eigenvalue weighted by Crippen LogP contribution is -2.53. The molecule has 2 aromatic heterocycles. The number of carbonyl (C=O) groups excluding carboxylic acids is 1. The molecule has 4 rings (SSSR count). The van der Waals surface area contributed by atoms with E-state index >= 15 is 0 Å². The number of nitrogens with two attached hydrogens (primary N) is 1. The van der Waals surface area contributed by atoms with Crippen LogP contribution in [0.25, 0.3) is 11.2 Å². The van der Waals surface area contributed by atoms with Crippen LogP contribution in [0.3, 0.4) is 0 Å². The third-order valence-electron chi connectivity index (χ3n) is 5.85. The fourth-order valence-corrected chi connectivity index (χ4v) is 4.04.